The lowest BCUT2D eigenvalue weighted by atomic mass is 9.89. The number of hydrogen-bond acceptors (Lipinski definition) is 4. The summed E-state index contributed by atoms with van der Waals surface area (Å²) in [5.74, 6) is 0.631. The third-order valence-electron chi connectivity index (χ3n) is 5.51. The standard InChI is InChI=1S/C18H28N4O3/c1-12-4-6-13(7-5-12)25-11-16(23)20-14-10-17(24)21(2)18(14)15-8-9-19-22(15)3/h8-9,12-14,18H,4-7,10-11H2,1-3H3,(H,20,23)/t12?,13?,14-,18-/m1/s1. The molecule has 2 fully saturated rings. The number of hydrogen-bond donors (Lipinski definition) is 1. The zero-order chi connectivity index (χ0) is 18.0. The second kappa shape index (κ2) is 7.56. The van der Waals surface area contributed by atoms with Crippen LogP contribution in [0.3, 0.4) is 0 Å². The van der Waals surface area contributed by atoms with E-state index in [1.165, 1.54) is 0 Å². The van der Waals surface area contributed by atoms with Gasteiger partial charge in [-0.05, 0) is 37.7 Å². The highest BCUT2D eigenvalue weighted by atomic mass is 16.5. The third-order valence-corrected chi connectivity index (χ3v) is 5.51. The van der Waals surface area contributed by atoms with Gasteiger partial charge < -0.3 is 15.0 Å². The highest BCUT2D eigenvalue weighted by molar-refractivity contribution is 5.83. The average molecular weight is 348 g/mol. The summed E-state index contributed by atoms with van der Waals surface area (Å²) in [4.78, 5) is 26.1. The van der Waals surface area contributed by atoms with E-state index in [0.717, 1.165) is 37.3 Å². The van der Waals surface area contributed by atoms with Crippen molar-refractivity contribution in [2.24, 2.45) is 13.0 Å². The highest BCUT2D eigenvalue weighted by Gasteiger charge is 2.40. The van der Waals surface area contributed by atoms with Crippen molar-refractivity contribution >= 4 is 11.8 Å². The van der Waals surface area contributed by atoms with Crippen molar-refractivity contribution in [1.82, 2.24) is 20.0 Å². The topological polar surface area (TPSA) is 76.5 Å². The Labute approximate surface area is 148 Å². The Morgan fingerprint density at radius 2 is 2.04 bits per heavy atom. The number of carbonyl (C=O) groups is 2. The van der Waals surface area contributed by atoms with Crippen molar-refractivity contribution in [3.63, 3.8) is 0 Å². The van der Waals surface area contributed by atoms with E-state index in [1.807, 2.05) is 13.1 Å². The molecule has 2 aliphatic rings. The number of carbonyl (C=O) groups excluding carboxylic acids is 2. The number of nitrogens with zero attached hydrogens (tertiary/aromatic N) is 3. The van der Waals surface area contributed by atoms with Crippen molar-refractivity contribution < 1.29 is 14.3 Å². The fraction of sp³-hybridized carbons (Fsp3) is 0.722. The molecular weight excluding hydrogens is 320 g/mol. The lowest BCUT2D eigenvalue weighted by Crippen LogP contribution is -2.42. The van der Waals surface area contributed by atoms with E-state index in [-0.39, 0.29) is 36.6 Å². The molecule has 0 radical (unpaired) electrons. The fourth-order valence-corrected chi connectivity index (χ4v) is 3.92. The van der Waals surface area contributed by atoms with E-state index < -0.39 is 0 Å². The molecule has 2 amide bonds. The maximum absolute atomic E-state index is 12.3. The van der Waals surface area contributed by atoms with Crippen molar-refractivity contribution in [2.45, 2.75) is 57.2 Å². The molecule has 7 heteroatoms. The quantitative estimate of drug-likeness (QED) is 0.873. The van der Waals surface area contributed by atoms with Gasteiger partial charge in [0.2, 0.25) is 11.8 Å². The predicted molar refractivity (Wildman–Crippen MR) is 92.6 cm³/mol. The first kappa shape index (κ1) is 17.9. The molecule has 3 rings (SSSR count). The summed E-state index contributed by atoms with van der Waals surface area (Å²) in [6, 6.07) is 1.44. The van der Waals surface area contributed by atoms with Gasteiger partial charge in [0.25, 0.3) is 0 Å². The number of rotatable bonds is 5. The Hall–Kier alpha value is -1.89. The zero-order valence-corrected chi connectivity index (χ0v) is 15.3. The van der Waals surface area contributed by atoms with E-state index in [9.17, 15) is 9.59 Å². The van der Waals surface area contributed by atoms with Gasteiger partial charge in [0.1, 0.15) is 6.61 Å². The molecular formula is C18H28N4O3. The van der Waals surface area contributed by atoms with Crippen LogP contribution >= 0.6 is 0 Å². The second-order valence-corrected chi connectivity index (χ2v) is 7.40. The molecule has 0 bridgehead atoms. The van der Waals surface area contributed by atoms with Crippen LogP contribution in [0.5, 0.6) is 0 Å². The van der Waals surface area contributed by atoms with Gasteiger partial charge in [-0.25, -0.2) is 0 Å². The minimum atomic E-state index is -0.254. The predicted octanol–water partition coefficient (Wildman–Crippen LogP) is 1.40. The number of amides is 2. The van der Waals surface area contributed by atoms with Crippen LogP contribution in [0.25, 0.3) is 0 Å². The Bertz CT molecular complexity index is 622. The lowest BCUT2D eigenvalue weighted by molar-refractivity contribution is -0.129. The van der Waals surface area contributed by atoms with Crippen LogP contribution in [0.2, 0.25) is 0 Å². The van der Waals surface area contributed by atoms with Crippen LogP contribution in [-0.4, -0.2) is 52.3 Å². The van der Waals surface area contributed by atoms with Crippen LogP contribution in [0.4, 0.5) is 0 Å². The number of aryl methyl sites for hydroxylation is 1. The van der Waals surface area contributed by atoms with Gasteiger partial charge in [-0.15, -0.1) is 0 Å². The molecule has 1 aromatic rings. The molecule has 1 aromatic heterocycles. The normalized spacial score (nSPS) is 29.9. The monoisotopic (exact) mass is 348 g/mol. The van der Waals surface area contributed by atoms with Crippen molar-refractivity contribution in [3.8, 4) is 0 Å². The molecule has 1 saturated heterocycles. The summed E-state index contributed by atoms with van der Waals surface area (Å²) in [5, 5.41) is 7.17. The SMILES string of the molecule is CC1CCC(OCC(=O)N[C@@H]2CC(=O)N(C)[C@H]2c2ccnn2C)CC1. The number of likely N-dealkylation sites (N-methyl/N-ethyl adjacent to an activating group) is 1. The average Bonchev–Trinajstić information content (AvgIpc) is 3.10. The van der Waals surface area contributed by atoms with E-state index in [1.54, 1.807) is 22.8 Å². The number of nitrogens with one attached hydrogen (secondary N) is 1. The molecule has 1 aliphatic heterocycles. The number of likely N-dealkylation sites (tertiary alicyclic amines) is 1. The van der Waals surface area contributed by atoms with E-state index in [4.69, 9.17) is 4.74 Å². The summed E-state index contributed by atoms with van der Waals surface area (Å²) >= 11 is 0. The maximum atomic E-state index is 12.3. The van der Waals surface area contributed by atoms with E-state index in [2.05, 4.69) is 17.3 Å². The minimum Gasteiger partial charge on any atom is -0.368 e. The van der Waals surface area contributed by atoms with Crippen molar-refractivity contribution in [2.75, 3.05) is 13.7 Å². The molecule has 1 aliphatic carbocycles. The molecule has 2 heterocycles. The fourth-order valence-electron chi connectivity index (χ4n) is 3.92. The minimum absolute atomic E-state index is 0.0266. The molecule has 0 unspecified atom stereocenters. The van der Waals surface area contributed by atoms with Gasteiger partial charge in [0.15, 0.2) is 0 Å². The Morgan fingerprint density at radius 1 is 1.32 bits per heavy atom. The van der Waals surface area contributed by atoms with Crippen LogP contribution in [0.1, 0.15) is 50.8 Å². The van der Waals surface area contributed by atoms with Gasteiger partial charge >= 0.3 is 0 Å². The third kappa shape index (κ3) is 4.03. The van der Waals surface area contributed by atoms with Gasteiger partial charge in [-0.2, -0.15) is 5.10 Å². The maximum Gasteiger partial charge on any atom is 0.246 e. The van der Waals surface area contributed by atoms with Gasteiger partial charge in [-0.1, -0.05) is 6.92 Å². The Balaban J connectivity index is 1.56. The molecule has 7 nitrogen and oxygen atoms in total. The van der Waals surface area contributed by atoms with Crippen LogP contribution in [0, 0.1) is 5.92 Å². The van der Waals surface area contributed by atoms with Gasteiger partial charge in [0.05, 0.1) is 23.9 Å². The number of ether oxygens (including phenoxy) is 1. The first-order valence-corrected chi connectivity index (χ1v) is 9.10. The summed E-state index contributed by atoms with van der Waals surface area (Å²) in [6.07, 6.45) is 6.57. The van der Waals surface area contributed by atoms with Crippen LogP contribution in [0.15, 0.2) is 12.3 Å². The first-order chi connectivity index (χ1) is 12.0. The lowest BCUT2D eigenvalue weighted by Gasteiger charge is -2.27. The van der Waals surface area contributed by atoms with Crippen LogP contribution in [-0.2, 0) is 21.4 Å². The van der Waals surface area contributed by atoms with Crippen molar-refractivity contribution in [1.29, 1.82) is 0 Å². The summed E-state index contributed by atoms with van der Waals surface area (Å²) < 4.78 is 7.53. The largest absolute Gasteiger partial charge is 0.368 e. The Kier molecular flexibility index (Phi) is 5.42. The summed E-state index contributed by atoms with van der Waals surface area (Å²) in [5.41, 5.74) is 0.917. The molecule has 25 heavy (non-hydrogen) atoms. The molecule has 1 N–H and O–H groups in total. The molecule has 1 saturated carbocycles. The second-order valence-electron chi connectivity index (χ2n) is 7.40. The van der Waals surface area contributed by atoms with Gasteiger partial charge in [0, 0.05) is 26.7 Å². The summed E-state index contributed by atoms with van der Waals surface area (Å²) in [7, 11) is 3.61. The molecule has 0 spiro atoms. The van der Waals surface area contributed by atoms with Crippen LogP contribution < -0.4 is 5.32 Å². The molecule has 2 atom stereocenters. The number of aromatic nitrogens is 2. The van der Waals surface area contributed by atoms with E-state index in [0.29, 0.717) is 6.42 Å². The Morgan fingerprint density at radius 3 is 2.68 bits per heavy atom. The molecule has 0 aromatic carbocycles. The highest BCUT2D eigenvalue weighted by Crippen LogP contribution is 2.31. The first-order valence-electron chi connectivity index (χ1n) is 9.10. The van der Waals surface area contributed by atoms with E-state index >= 15 is 0 Å². The van der Waals surface area contributed by atoms with Crippen molar-refractivity contribution in [3.05, 3.63) is 18.0 Å². The zero-order valence-electron chi connectivity index (χ0n) is 15.3. The van der Waals surface area contributed by atoms with Gasteiger partial charge in [-0.3, -0.25) is 14.3 Å². The molecule has 138 valence electrons. The smallest absolute Gasteiger partial charge is 0.246 e. The summed E-state index contributed by atoms with van der Waals surface area (Å²) in [6.45, 7) is 2.32.